The highest BCUT2D eigenvalue weighted by Crippen LogP contribution is 2.28. The van der Waals surface area contributed by atoms with E-state index in [2.05, 4.69) is 14.9 Å². The molecule has 2 heterocycles. The molecule has 0 bridgehead atoms. The number of aromatic nitrogens is 4. The van der Waals surface area contributed by atoms with E-state index >= 15 is 0 Å². The van der Waals surface area contributed by atoms with E-state index in [9.17, 15) is 4.79 Å². The van der Waals surface area contributed by atoms with E-state index in [4.69, 9.17) is 4.98 Å². The van der Waals surface area contributed by atoms with Gasteiger partial charge in [-0.2, -0.15) is 0 Å². The third-order valence-electron chi connectivity index (χ3n) is 5.43. The first-order chi connectivity index (χ1) is 16.2. The monoisotopic (exact) mass is 453 g/mol. The normalized spacial score (nSPS) is 12.0. The number of carbonyl (C=O) groups excluding carboxylic acids is 1. The molecule has 5 aromatic rings. The number of hydrogen-bond acceptors (Lipinski definition) is 4. The quantitative estimate of drug-likeness (QED) is 0.361. The summed E-state index contributed by atoms with van der Waals surface area (Å²) in [5, 5.41) is 3.94. The standard InChI is InChI=1S/C26H23N5OS/c1-30-17-16-27-25(30)24(19-10-4-2-5-11-19)29-23(32)18-33-26-28-21-14-8-9-15-22(21)31(26)20-12-6-3-7-13-20/h2-17,24H,18H2,1H3,(H,29,32). The number of imidazole rings is 2. The fraction of sp³-hybridized carbons (Fsp3) is 0.115. The van der Waals surface area contributed by atoms with Crippen molar-refractivity contribution in [3.63, 3.8) is 0 Å². The number of benzene rings is 3. The molecule has 0 aliphatic rings. The third-order valence-corrected chi connectivity index (χ3v) is 6.37. The Labute approximate surface area is 196 Å². The van der Waals surface area contributed by atoms with Crippen molar-refractivity contribution in [1.29, 1.82) is 0 Å². The molecule has 0 spiro atoms. The largest absolute Gasteiger partial charge is 0.341 e. The van der Waals surface area contributed by atoms with E-state index in [1.165, 1.54) is 11.8 Å². The van der Waals surface area contributed by atoms with E-state index < -0.39 is 0 Å². The second kappa shape index (κ2) is 9.34. The molecular weight excluding hydrogens is 430 g/mol. The molecule has 5 rings (SSSR count). The van der Waals surface area contributed by atoms with Crippen LogP contribution >= 0.6 is 11.8 Å². The lowest BCUT2D eigenvalue weighted by Gasteiger charge is -2.19. The number of rotatable bonds is 7. The van der Waals surface area contributed by atoms with Gasteiger partial charge in [-0.3, -0.25) is 9.36 Å². The van der Waals surface area contributed by atoms with Crippen molar-refractivity contribution in [2.45, 2.75) is 11.2 Å². The van der Waals surface area contributed by atoms with Crippen LogP contribution in [-0.4, -0.2) is 30.8 Å². The summed E-state index contributed by atoms with van der Waals surface area (Å²) in [6, 6.07) is 27.7. The number of aryl methyl sites for hydroxylation is 1. The number of carbonyl (C=O) groups is 1. The highest BCUT2D eigenvalue weighted by Gasteiger charge is 2.21. The van der Waals surface area contributed by atoms with E-state index in [-0.39, 0.29) is 17.7 Å². The highest BCUT2D eigenvalue weighted by atomic mass is 32.2. The summed E-state index contributed by atoms with van der Waals surface area (Å²) in [4.78, 5) is 22.3. The van der Waals surface area contributed by atoms with E-state index in [1.54, 1.807) is 6.20 Å². The Morgan fingerprint density at radius 2 is 1.67 bits per heavy atom. The molecule has 0 saturated heterocycles. The van der Waals surface area contributed by atoms with Gasteiger partial charge in [0.2, 0.25) is 5.91 Å². The zero-order chi connectivity index (χ0) is 22.6. The van der Waals surface area contributed by atoms with Gasteiger partial charge in [0.05, 0.1) is 16.8 Å². The summed E-state index contributed by atoms with van der Waals surface area (Å²) in [6.07, 6.45) is 3.63. The topological polar surface area (TPSA) is 64.7 Å². The Hall–Kier alpha value is -3.84. The number of fused-ring (bicyclic) bond motifs is 1. The van der Waals surface area contributed by atoms with Crippen molar-refractivity contribution in [1.82, 2.24) is 24.4 Å². The summed E-state index contributed by atoms with van der Waals surface area (Å²) >= 11 is 1.43. The molecule has 1 N–H and O–H groups in total. The molecule has 6 nitrogen and oxygen atoms in total. The Morgan fingerprint density at radius 3 is 2.39 bits per heavy atom. The van der Waals surface area contributed by atoms with Crippen LogP contribution in [0.1, 0.15) is 17.4 Å². The molecule has 2 aromatic heterocycles. The smallest absolute Gasteiger partial charge is 0.231 e. The van der Waals surface area contributed by atoms with Gasteiger partial charge >= 0.3 is 0 Å². The van der Waals surface area contributed by atoms with E-state index in [1.807, 2.05) is 103 Å². The minimum Gasteiger partial charge on any atom is -0.341 e. The number of hydrogen-bond donors (Lipinski definition) is 1. The van der Waals surface area contributed by atoms with Gasteiger partial charge < -0.3 is 9.88 Å². The molecule has 0 radical (unpaired) electrons. The molecule has 0 saturated carbocycles. The van der Waals surface area contributed by atoms with Gasteiger partial charge in [0, 0.05) is 25.1 Å². The molecule has 0 aliphatic heterocycles. The predicted octanol–water partition coefficient (Wildman–Crippen LogP) is 4.76. The number of nitrogens with zero attached hydrogens (tertiary/aromatic N) is 4. The van der Waals surface area contributed by atoms with Gasteiger partial charge in [0.25, 0.3) is 0 Å². The van der Waals surface area contributed by atoms with Crippen LogP contribution in [0.4, 0.5) is 0 Å². The summed E-state index contributed by atoms with van der Waals surface area (Å²) < 4.78 is 4.03. The molecule has 164 valence electrons. The number of amides is 1. The number of nitrogens with one attached hydrogen (secondary N) is 1. The van der Waals surface area contributed by atoms with Crippen LogP contribution in [0.5, 0.6) is 0 Å². The minimum atomic E-state index is -0.327. The molecule has 0 aliphatic carbocycles. The van der Waals surface area contributed by atoms with Crippen LogP contribution in [0.15, 0.2) is 102 Å². The molecular formula is C26H23N5OS. The maximum absolute atomic E-state index is 13.1. The molecule has 3 aromatic carbocycles. The van der Waals surface area contributed by atoms with E-state index in [0.29, 0.717) is 0 Å². The van der Waals surface area contributed by atoms with Crippen molar-refractivity contribution in [3.8, 4) is 5.69 Å². The molecule has 0 fully saturated rings. The van der Waals surface area contributed by atoms with E-state index in [0.717, 1.165) is 33.3 Å². The first-order valence-electron chi connectivity index (χ1n) is 10.7. The SMILES string of the molecule is Cn1ccnc1C(NC(=O)CSc1nc2ccccc2n1-c1ccccc1)c1ccccc1. The lowest BCUT2D eigenvalue weighted by molar-refractivity contribution is -0.119. The number of thioether (sulfide) groups is 1. The minimum absolute atomic E-state index is 0.0801. The summed E-state index contributed by atoms with van der Waals surface area (Å²) in [5.41, 5.74) is 3.92. The van der Waals surface area contributed by atoms with Gasteiger partial charge in [-0.25, -0.2) is 9.97 Å². The van der Waals surface area contributed by atoms with Crippen molar-refractivity contribution in [3.05, 3.63) is 109 Å². The molecule has 7 heteroatoms. The lowest BCUT2D eigenvalue weighted by atomic mass is 10.1. The van der Waals surface area contributed by atoms with Crippen LogP contribution in [-0.2, 0) is 11.8 Å². The average molecular weight is 454 g/mol. The Morgan fingerprint density at radius 1 is 0.970 bits per heavy atom. The van der Waals surface area contributed by atoms with Crippen LogP contribution in [0.3, 0.4) is 0 Å². The maximum atomic E-state index is 13.1. The molecule has 1 amide bonds. The zero-order valence-electron chi connectivity index (χ0n) is 18.1. The van der Waals surface area contributed by atoms with Crippen molar-refractivity contribution in [2.24, 2.45) is 7.05 Å². The fourth-order valence-corrected chi connectivity index (χ4v) is 4.70. The van der Waals surface area contributed by atoms with Crippen LogP contribution in [0.2, 0.25) is 0 Å². The Balaban J connectivity index is 1.39. The third kappa shape index (κ3) is 4.40. The summed E-state index contributed by atoms with van der Waals surface area (Å²) in [5.74, 6) is 0.948. The number of para-hydroxylation sites is 3. The van der Waals surface area contributed by atoms with Gasteiger partial charge in [-0.1, -0.05) is 72.4 Å². The van der Waals surface area contributed by atoms with Crippen molar-refractivity contribution < 1.29 is 4.79 Å². The Kier molecular flexibility index (Phi) is 5.95. The average Bonchev–Trinajstić information content (AvgIpc) is 3.45. The molecule has 1 atom stereocenters. The zero-order valence-corrected chi connectivity index (χ0v) is 18.9. The molecule has 33 heavy (non-hydrogen) atoms. The lowest BCUT2D eigenvalue weighted by Crippen LogP contribution is -2.32. The van der Waals surface area contributed by atoms with Crippen LogP contribution in [0.25, 0.3) is 16.7 Å². The van der Waals surface area contributed by atoms with Crippen LogP contribution in [0, 0.1) is 0 Å². The van der Waals surface area contributed by atoms with Crippen molar-refractivity contribution in [2.75, 3.05) is 5.75 Å². The summed E-state index contributed by atoms with van der Waals surface area (Å²) in [6.45, 7) is 0. The molecule has 1 unspecified atom stereocenters. The fourth-order valence-electron chi connectivity index (χ4n) is 3.86. The van der Waals surface area contributed by atoms with Crippen LogP contribution < -0.4 is 5.32 Å². The Bertz CT molecular complexity index is 1380. The summed E-state index contributed by atoms with van der Waals surface area (Å²) in [7, 11) is 1.93. The first-order valence-corrected chi connectivity index (χ1v) is 11.7. The van der Waals surface area contributed by atoms with Gasteiger partial charge in [0.1, 0.15) is 11.9 Å². The van der Waals surface area contributed by atoms with Gasteiger partial charge in [0.15, 0.2) is 5.16 Å². The predicted molar refractivity (Wildman–Crippen MR) is 131 cm³/mol. The van der Waals surface area contributed by atoms with Gasteiger partial charge in [-0.15, -0.1) is 0 Å². The van der Waals surface area contributed by atoms with Crippen molar-refractivity contribution >= 4 is 28.7 Å². The first kappa shape index (κ1) is 21.0. The highest BCUT2D eigenvalue weighted by molar-refractivity contribution is 7.99. The van der Waals surface area contributed by atoms with Gasteiger partial charge in [-0.05, 0) is 29.8 Å². The second-order valence-electron chi connectivity index (χ2n) is 7.65. The maximum Gasteiger partial charge on any atom is 0.231 e. The second-order valence-corrected chi connectivity index (χ2v) is 8.59.